The Morgan fingerprint density at radius 1 is 1.34 bits per heavy atom. The van der Waals surface area contributed by atoms with Gasteiger partial charge in [-0.2, -0.15) is 13.2 Å². The van der Waals surface area contributed by atoms with E-state index >= 15 is 0 Å². The van der Waals surface area contributed by atoms with Gasteiger partial charge in [0, 0.05) is 26.4 Å². The van der Waals surface area contributed by atoms with Crippen molar-refractivity contribution < 1.29 is 35.9 Å². The molecule has 11 heteroatoms. The second-order valence-corrected chi connectivity index (χ2v) is 8.19. The van der Waals surface area contributed by atoms with E-state index in [0.29, 0.717) is 16.7 Å². The lowest BCUT2D eigenvalue weighted by molar-refractivity contribution is -0.144. The molecule has 1 aliphatic rings. The highest BCUT2D eigenvalue weighted by Gasteiger charge is 2.38. The van der Waals surface area contributed by atoms with Gasteiger partial charge in [-0.15, -0.1) is 0 Å². The summed E-state index contributed by atoms with van der Waals surface area (Å²) in [4.78, 5) is 16.3. The molecule has 6 nitrogen and oxygen atoms in total. The normalized spacial score (nSPS) is 19.1. The van der Waals surface area contributed by atoms with Crippen LogP contribution in [0, 0.1) is 5.92 Å². The Morgan fingerprint density at radius 3 is 2.66 bits per heavy atom. The first-order valence-electron chi connectivity index (χ1n) is 10.4. The van der Waals surface area contributed by atoms with E-state index < -0.39 is 42.9 Å². The highest BCUT2D eigenvalue weighted by atomic mass is 19.4. The molecule has 1 fully saturated rings. The zero-order valence-electron chi connectivity index (χ0n) is 17.6. The van der Waals surface area contributed by atoms with Gasteiger partial charge in [-0.1, -0.05) is 6.07 Å². The fraction of sp³-hybridized carbons (Fsp3) is 0.619. The van der Waals surface area contributed by atoms with Crippen molar-refractivity contribution in [3.8, 4) is 0 Å². The summed E-state index contributed by atoms with van der Waals surface area (Å²) in [7, 11) is 1.41. The van der Waals surface area contributed by atoms with E-state index in [2.05, 4.69) is 10.3 Å². The third-order valence-corrected chi connectivity index (χ3v) is 5.69. The Balaban J connectivity index is 1.72. The number of hydrogen-bond acceptors (Lipinski definition) is 5. The lowest BCUT2D eigenvalue weighted by Gasteiger charge is -2.30. The molecule has 0 bridgehead atoms. The number of nitrogens with one attached hydrogen (secondary N) is 1. The number of alkyl halides is 5. The predicted octanol–water partition coefficient (Wildman–Crippen LogP) is 4.80. The standard InChI is InChI=1S/C21H26F5N3O3/c1-31-11-15(28-17(30)6-9-21(24,25)26)13-2-3-16-14(10-13)29-19(32-16)18(27)12-4-7-20(22,23)8-5-12/h2-3,10,12,15,18H,4-9,11,27H2,1H3,(H,28,30)/t15-,18-/m0/s1. The van der Waals surface area contributed by atoms with Crippen LogP contribution >= 0.6 is 0 Å². The lowest BCUT2D eigenvalue weighted by atomic mass is 9.82. The Morgan fingerprint density at radius 2 is 2.03 bits per heavy atom. The molecule has 1 aromatic heterocycles. The first-order valence-corrected chi connectivity index (χ1v) is 10.4. The van der Waals surface area contributed by atoms with E-state index in [1.165, 1.54) is 7.11 Å². The third kappa shape index (κ3) is 6.38. The molecule has 1 heterocycles. The molecule has 2 aromatic rings. The summed E-state index contributed by atoms with van der Waals surface area (Å²) in [6, 6.07) is 3.60. The number of rotatable bonds is 8. The van der Waals surface area contributed by atoms with Crippen LogP contribution in [-0.4, -0.2) is 36.7 Å². The maximum atomic E-state index is 13.4. The van der Waals surface area contributed by atoms with Gasteiger partial charge in [-0.25, -0.2) is 13.8 Å². The quantitative estimate of drug-likeness (QED) is 0.549. The third-order valence-electron chi connectivity index (χ3n) is 5.69. The molecule has 3 N–H and O–H groups in total. The molecule has 1 aliphatic carbocycles. The zero-order chi connectivity index (χ0) is 23.5. The number of amides is 1. The first kappa shape index (κ1) is 24.4. The first-order chi connectivity index (χ1) is 15.0. The molecule has 1 aromatic carbocycles. The molecule has 2 atom stereocenters. The maximum Gasteiger partial charge on any atom is 0.389 e. The Hall–Kier alpha value is -2.27. The fourth-order valence-electron chi connectivity index (χ4n) is 3.85. The molecule has 0 unspecified atom stereocenters. The second-order valence-electron chi connectivity index (χ2n) is 8.19. The molecule has 1 amide bonds. The number of carbonyl (C=O) groups excluding carboxylic acids is 1. The summed E-state index contributed by atoms with van der Waals surface area (Å²) in [5, 5.41) is 2.54. The van der Waals surface area contributed by atoms with Crippen LogP contribution in [0.4, 0.5) is 22.0 Å². The number of nitrogens with zero attached hydrogens (tertiary/aromatic N) is 1. The zero-order valence-corrected chi connectivity index (χ0v) is 17.6. The van der Waals surface area contributed by atoms with Crippen LogP contribution in [0.25, 0.3) is 11.1 Å². The average molecular weight is 463 g/mol. The van der Waals surface area contributed by atoms with Crippen molar-refractivity contribution in [3.05, 3.63) is 29.7 Å². The Bertz CT molecular complexity index is 921. The number of oxazole rings is 1. The van der Waals surface area contributed by atoms with Crippen molar-refractivity contribution in [2.24, 2.45) is 11.7 Å². The van der Waals surface area contributed by atoms with E-state index in [1.54, 1.807) is 18.2 Å². The number of carbonyl (C=O) groups is 1. The van der Waals surface area contributed by atoms with Gasteiger partial charge in [-0.05, 0) is 36.5 Å². The largest absolute Gasteiger partial charge is 0.439 e. The van der Waals surface area contributed by atoms with E-state index in [9.17, 15) is 26.7 Å². The number of aromatic nitrogens is 1. The average Bonchev–Trinajstić information content (AvgIpc) is 3.14. The van der Waals surface area contributed by atoms with Crippen LogP contribution in [0.1, 0.15) is 62.1 Å². The predicted molar refractivity (Wildman–Crippen MR) is 106 cm³/mol. The van der Waals surface area contributed by atoms with Gasteiger partial charge in [0.1, 0.15) is 5.52 Å². The topological polar surface area (TPSA) is 90.4 Å². The maximum absolute atomic E-state index is 13.4. The molecule has 3 rings (SSSR count). The number of fused-ring (bicyclic) bond motifs is 1. The SMILES string of the molecule is COC[C@H](NC(=O)CCC(F)(F)F)c1ccc2oc([C@@H](N)C3CCC(F)(F)CC3)nc2c1. The van der Waals surface area contributed by atoms with E-state index in [4.69, 9.17) is 14.9 Å². The number of methoxy groups -OCH3 is 1. The minimum Gasteiger partial charge on any atom is -0.439 e. The Kier molecular flexibility index (Phi) is 7.39. The number of hydrogen-bond donors (Lipinski definition) is 2. The van der Waals surface area contributed by atoms with Crippen molar-refractivity contribution in [3.63, 3.8) is 0 Å². The van der Waals surface area contributed by atoms with Crippen molar-refractivity contribution in [1.82, 2.24) is 10.3 Å². The number of ether oxygens (including phenoxy) is 1. The van der Waals surface area contributed by atoms with Gasteiger partial charge >= 0.3 is 6.18 Å². The van der Waals surface area contributed by atoms with Crippen LogP contribution in [-0.2, 0) is 9.53 Å². The summed E-state index contributed by atoms with van der Waals surface area (Å²) < 4.78 is 74.7. The highest BCUT2D eigenvalue weighted by Crippen LogP contribution is 2.40. The van der Waals surface area contributed by atoms with Crippen molar-refractivity contribution in [1.29, 1.82) is 0 Å². The number of nitrogens with two attached hydrogens (primary N) is 1. The van der Waals surface area contributed by atoms with Crippen molar-refractivity contribution >= 4 is 17.0 Å². The molecule has 178 valence electrons. The van der Waals surface area contributed by atoms with Gasteiger partial charge < -0.3 is 20.2 Å². The van der Waals surface area contributed by atoms with E-state index in [1.807, 2.05) is 0 Å². The van der Waals surface area contributed by atoms with Gasteiger partial charge in [0.25, 0.3) is 0 Å². The fourth-order valence-corrected chi connectivity index (χ4v) is 3.85. The van der Waals surface area contributed by atoms with Crippen LogP contribution in [0.5, 0.6) is 0 Å². The summed E-state index contributed by atoms with van der Waals surface area (Å²) in [5.74, 6) is -3.34. The molecule has 0 aliphatic heterocycles. The van der Waals surface area contributed by atoms with Crippen LogP contribution in [0.15, 0.2) is 22.6 Å². The second kappa shape index (κ2) is 9.70. The molecule has 32 heavy (non-hydrogen) atoms. The van der Waals surface area contributed by atoms with Gasteiger partial charge in [0.2, 0.25) is 17.7 Å². The minimum atomic E-state index is -4.42. The number of benzene rings is 1. The van der Waals surface area contributed by atoms with Crippen molar-refractivity contribution in [2.75, 3.05) is 13.7 Å². The van der Waals surface area contributed by atoms with Crippen LogP contribution in [0.3, 0.4) is 0 Å². The van der Waals surface area contributed by atoms with Crippen LogP contribution in [0.2, 0.25) is 0 Å². The van der Waals surface area contributed by atoms with Crippen LogP contribution < -0.4 is 11.1 Å². The molecular weight excluding hydrogens is 437 g/mol. The van der Waals surface area contributed by atoms with Crippen molar-refractivity contribution in [2.45, 2.75) is 62.7 Å². The minimum absolute atomic E-state index is 0.0454. The van der Waals surface area contributed by atoms with E-state index in [-0.39, 0.29) is 44.1 Å². The number of halogens is 5. The molecular formula is C21H26F5N3O3. The highest BCUT2D eigenvalue weighted by molar-refractivity contribution is 5.77. The van der Waals surface area contributed by atoms with E-state index in [0.717, 1.165) is 0 Å². The summed E-state index contributed by atoms with van der Waals surface area (Å²) in [6.07, 6.45) is -6.21. The van der Waals surface area contributed by atoms with Gasteiger partial charge in [0.05, 0.1) is 25.1 Å². The molecule has 0 spiro atoms. The lowest BCUT2D eigenvalue weighted by Crippen LogP contribution is -2.32. The molecule has 0 radical (unpaired) electrons. The Labute approximate surface area is 181 Å². The smallest absolute Gasteiger partial charge is 0.389 e. The van der Waals surface area contributed by atoms with Gasteiger partial charge in [-0.3, -0.25) is 4.79 Å². The summed E-state index contributed by atoms with van der Waals surface area (Å²) >= 11 is 0. The molecule has 0 saturated heterocycles. The summed E-state index contributed by atoms with van der Waals surface area (Å²) in [6.45, 7) is 0.0454. The monoisotopic (exact) mass is 463 g/mol. The summed E-state index contributed by atoms with van der Waals surface area (Å²) in [5.41, 5.74) is 7.68. The van der Waals surface area contributed by atoms with Gasteiger partial charge in [0.15, 0.2) is 5.58 Å². The molecule has 1 saturated carbocycles.